The lowest BCUT2D eigenvalue weighted by molar-refractivity contribution is -0.137. The summed E-state index contributed by atoms with van der Waals surface area (Å²) in [6.07, 6.45) is 0. The molecule has 0 radical (unpaired) electrons. The quantitative estimate of drug-likeness (QED) is 0.784. The average Bonchev–Trinajstić information content (AvgIpc) is 2.58. The van der Waals surface area contributed by atoms with Gasteiger partial charge >= 0.3 is 11.9 Å². The summed E-state index contributed by atoms with van der Waals surface area (Å²) in [5, 5.41) is 0.468. The molecule has 0 fully saturated rings. The molecule has 1 aliphatic heterocycles. The summed E-state index contributed by atoms with van der Waals surface area (Å²) >= 11 is 6.35. The molecule has 0 bridgehead atoms. The standard InChI is InChI=1S/C18H20ClNO4/c1-10-14(17(21)23-4)16(12-8-6-7-9-13(12)19)15(18(22)24-5)11(2)20(10)3/h6-9,16H,1-5H3. The minimum atomic E-state index is -0.644. The van der Waals surface area contributed by atoms with E-state index in [1.165, 1.54) is 14.2 Å². The van der Waals surface area contributed by atoms with Crippen molar-refractivity contribution in [2.45, 2.75) is 19.8 Å². The molecule has 128 valence electrons. The van der Waals surface area contributed by atoms with E-state index in [-0.39, 0.29) is 0 Å². The van der Waals surface area contributed by atoms with Gasteiger partial charge in [-0.1, -0.05) is 29.8 Å². The highest BCUT2D eigenvalue weighted by Crippen LogP contribution is 2.44. The first kappa shape index (κ1) is 18.1. The van der Waals surface area contributed by atoms with Crippen LogP contribution in [0.5, 0.6) is 0 Å². The Hall–Kier alpha value is -2.27. The number of rotatable bonds is 3. The minimum Gasteiger partial charge on any atom is -0.466 e. The van der Waals surface area contributed by atoms with Gasteiger partial charge in [-0.3, -0.25) is 0 Å². The van der Waals surface area contributed by atoms with Gasteiger partial charge in [-0.05, 0) is 25.5 Å². The van der Waals surface area contributed by atoms with Crippen molar-refractivity contribution in [2.75, 3.05) is 21.3 Å². The van der Waals surface area contributed by atoms with Crippen LogP contribution < -0.4 is 0 Å². The van der Waals surface area contributed by atoms with Gasteiger partial charge in [0, 0.05) is 23.5 Å². The van der Waals surface area contributed by atoms with E-state index in [1.807, 2.05) is 19.9 Å². The van der Waals surface area contributed by atoms with E-state index in [4.69, 9.17) is 21.1 Å². The molecule has 24 heavy (non-hydrogen) atoms. The summed E-state index contributed by atoms with van der Waals surface area (Å²) in [4.78, 5) is 26.7. The molecule has 6 heteroatoms. The molecular formula is C18H20ClNO4. The molecule has 0 N–H and O–H groups in total. The Labute approximate surface area is 146 Å². The fraction of sp³-hybridized carbons (Fsp3) is 0.333. The highest BCUT2D eigenvalue weighted by Gasteiger charge is 2.40. The lowest BCUT2D eigenvalue weighted by Gasteiger charge is -2.35. The summed E-state index contributed by atoms with van der Waals surface area (Å²) in [6.45, 7) is 3.63. The first-order valence-electron chi connectivity index (χ1n) is 7.41. The van der Waals surface area contributed by atoms with Crippen LogP contribution in [0.4, 0.5) is 0 Å². The first-order chi connectivity index (χ1) is 11.3. The van der Waals surface area contributed by atoms with Crippen LogP contribution >= 0.6 is 11.6 Å². The van der Waals surface area contributed by atoms with Crippen LogP contribution in [-0.2, 0) is 19.1 Å². The van der Waals surface area contributed by atoms with Crippen molar-refractivity contribution in [2.24, 2.45) is 0 Å². The maximum absolute atomic E-state index is 12.5. The Morgan fingerprint density at radius 3 is 1.88 bits per heavy atom. The number of ether oxygens (including phenoxy) is 2. The lowest BCUT2D eigenvalue weighted by Crippen LogP contribution is -2.33. The fourth-order valence-corrected chi connectivity index (χ4v) is 3.19. The number of allylic oxidation sites excluding steroid dienone is 2. The number of hydrogen-bond donors (Lipinski definition) is 0. The summed E-state index contributed by atoms with van der Waals surface area (Å²) in [6, 6.07) is 7.13. The van der Waals surface area contributed by atoms with Gasteiger partial charge in [0.15, 0.2) is 0 Å². The molecule has 0 saturated carbocycles. The van der Waals surface area contributed by atoms with Gasteiger partial charge in [0.25, 0.3) is 0 Å². The number of carbonyl (C=O) groups is 2. The molecule has 0 unspecified atom stereocenters. The molecule has 1 aliphatic rings. The van der Waals surface area contributed by atoms with Gasteiger partial charge in [0.05, 0.1) is 31.3 Å². The van der Waals surface area contributed by atoms with Crippen molar-refractivity contribution in [1.82, 2.24) is 4.90 Å². The first-order valence-corrected chi connectivity index (χ1v) is 7.79. The van der Waals surface area contributed by atoms with E-state index in [0.717, 1.165) is 0 Å². The Bertz CT molecular complexity index is 711. The van der Waals surface area contributed by atoms with Crippen molar-refractivity contribution in [3.05, 3.63) is 57.4 Å². The SMILES string of the molecule is COC(=O)C1=C(C)N(C)C(C)=C(C(=O)OC)C1c1ccccc1Cl. The van der Waals surface area contributed by atoms with Gasteiger partial charge in [-0.25, -0.2) is 9.59 Å². The maximum Gasteiger partial charge on any atom is 0.336 e. The topological polar surface area (TPSA) is 55.8 Å². The smallest absolute Gasteiger partial charge is 0.336 e. The Morgan fingerprint density at radius 1 is 1.00 bits per heavy atom. The third-order valence-corrected chi connectivity index (χ3v) is 4.73. The van der Waals surface area contributed by atoms with E-state index < -0.39 is 17.9 Å². The number of methoxy groups -OCH3 is 2. The highest BCUT2D eigenvalue weighted by molar-refractivity contribution is 6.31. The second-order valence-electron chi connectivity index (χ2n) is 5.49. The van der Waals surface area contributed by atoms with Crippen molar-refractivity contribution in [3.8, 4) is 0 Å². The molecule has 1 aromatic rings. The normalized spacial score (nSPS) is 15.7. The fourth-order valence-electron chi connectivity index (χ4n) is 2.95. The van der Waals surface area contributed by atoms with Crippen LogP contribution in [0.15, 0.2) is 46.8 Å². The van der Waals surface area contributed by atoms with Crippen LogP contribution in [0.2, 0.25) is 5.02 Å². The Balaban J connectivity index is 2.80. The van der Waals surface area contributed by atoms with Crippen LogP contribution in [0.1, 0.15) is 25.3 Å². The molecule has 0 amide bonds. The molecule has 2 rings (SSSR count). The van der Waals surface area contributed by atoms with Gasteiger partial charge in [0.2, 0.25) is 0 Å². The van der Waals surface area contributed by atoms with E-state index in [2.05, 4.69) is 0 Å². The van der Waals surface area contributed by atoms with Gasteiger partial charge in [0.1, 0.15) is 0 Å². The molecule has 0 spiro atoms. The monoisotopic (exact) mass is 349 g/mol. The van der Waals surface area contributed by atoms with E-state index in [9.17, 15) is 9.59 Å². The molecule has 5 nitrogen and oxygen atoms in total. The lowest BCUT2D eigenvalue weighted by atomic mass is 9.80. The van der Waals surface area contributed by atoms with Gasteiger partial charge < -0.3 is 14.4 Å². The number of nitrogens with zero attached hydrogens (tertiary/aromatic N) is 1. The number of esters is 2. The summed E-state index contributed by atoms with van der Waals surface area (Å²) in [5.74, 6) is -1.65. The molecule has 1 heterocycles. The molecule has 0 atom stereocenters. The second-order valence-corrected chi connectivity index (χ2v) is 5.90. The molecular weight excluding hydrogens is 330 g/mol. The zero-order chi connectivity index (χ0) is 18.0. The number of benzene rings is 1. The maximum atomic E-state index is 12.5. The molecule has 1 aromatic carbocycles. The second kappa shape index (κ2) is 7.09. The molecule has 0 aromatic heterocycles. The van der Waals surface area contributed by atoms with Gasteiger partial charge in [-0.2, -0.15) is 0 Å². The van der Waals surface area contributed by atoms with Crippen LogP contribution in [0, 0.1) is 0 Å². The number of carbonyl (C=O) groups excluding carboxylic acids is 2. The van der Waals surface area contributed by atoms with Crippen molar-refractivity contribution >= 4 is 23.5 Å². The highest BCUT2D eigenvalue weighted by atomic mass is 35.5. The molecule has 0 saturated heterocycles. The zero-order valence-corrected chi connectivity index (χ0v) is 15.1. The van der Waals surface area contributed by atoms with Crippen LogP contribution in [-0.4, -0.2) is 38.1 Å². The van der Waals surface area contributed by atoms with Crippen molar-refractivity contribution < 1.29 is 19.1 Å². The van der Waals surface area contributed by atoms with Crippen molar-refractivity contribution in [1.29, 1.82) is 0 Å². The average molecular weight is 350 g/mol. The van der Waals surface area contributed by atoms with E-state index in [0.29, 0.717) is 33.1 Å². The number of halogens is 1. The van der Waals surface area contributed by atoms with E-state index in [1.54, 1.807) is 30.1 Å². The Kier molecular flexibility index (Phi) is 5.34. The minimum absolute atomic E-state index is 0.374. The third-order valence-electron chi connectivity index (χ3n) is 4.39. The summed E-state index contributed by atoms with van der Waals surface area (Å²) < 4.78 is 9.91. The largest absolute Gasteiger partial charge is 0.466 e. The van der Waals surface area contributed by atoms with Crippen molar-refractivity contribution in [3.63, 3.8) is 0 Å². The molecule has 0 aliphatic carbocycles. The third kappa shape index (κ3) is 2.91. The number of hydrogen-bond acceptors (Lipinski definition) is 5. The van der Waals surface area contributed by atoms with Crippen LogP contribution in [0.25, 0.3) is 0 Å². The summed E-state index contributed by atoms with van der Waals surface area (Å²) in [7, 11) is 4.42. The Morgan fingerprint density at radius 2 is 1.46 bits per heavy atom. The zero-order valence-electron chi connectivity index (χ0n) is 14.3. The summed E-state index contributed by atoms with van der Waals surface area (Å²) in [5.41, 5.74) is 2.82. The predicted octanol–water partition coefficient (Wildman–Crippen LogP) is 3.26. The van der Waals surface area contributed by atoms with E-state index >= 15 is 0 Å². The van der Waals surface area contributed by atoms with Crippen LogP contribution in [0.3, 0.4) is 0 Å². The predicted molar refractivity (Wildman–Crippen MR) is 91.4 cm³/mol. The van der Waals surface area contributed by atoms with Gasteiger partial charge in [-0.15, -0.1) is 0 Å².